The van der Waals surface area contributed by atoms with E-state index in [0.717, 1.165) is 43.5 Å². The molecule has 3 aromatic rings. The Hall–Kier alpha value is -3.73. The number of likely N-dealkylation sites (tertiary alicyclic amines) is 1. The highest BCUT2D eigenvalue weighted by Crippen LogP contribution is 2.24. The van der Waals surface area contributed by atoms with Crippen molar-refractivity contribution in [1.82, 2.24) is 30.4 Å². The molecule has 2 aromatic carbocycles. The van der Waals surface area contributed by atoms with Gasteiger partial charge in [-0.1, -0.05) is 24.2 Å². The maximum absolute atomic E-state index is 13.2. The molecule has 1 fully saturated rings. The molecule has 1 aromatic heterocycles. The van der Waals surface area contributed by atoms with Gasteiger partial charge in [0, 0.05) is 37.9 Å². The molecule has 1 aliphatic heterocycles. The minimum absolute atomic E-state index is 0.257. The van der Waals surface area contributed by atoms with Crippen LogP contribution in [0.2, 0.25) is 0 Å². The number of hydrogen-bond donors (Lipinski definition) is 2. The summed E-state index contributed by atoms with van der Waals surface area (Å²) in [4.78, 5) is 26.3. The fourth-order valence-corrected chi connectivity index (χ4v) is 4.60. The van der Waals surface area contributed by atoms with Gasteiger partial charge in [0.2, 0.25) is 0 Å². The van der Waals surface area contributed by atoms with Gasteiger partial charge in [-0.25, -0.2) is 13.9 Å². The molecule has 0 bridgehead atoms. The average Bonchev–Trinajstić information content (AvgIpc) is 3.32. The van der Waals surface area contributed by atoms with Gasteiger partial charge < -0.3 is 15.5 Å². The van der Waals surface area contributed by atoms with Gasteiger partial charge in [-0.15, -0.1) is 5.10 Å². The van der Waals surface area contributed by atoms with E-state index in [1.54, 1.807) is 23.9 Å². The number of carbonyl (C=O) groups is 1. The largest absolute Gasteiger partial charge is 0.338 e. The minimum Gasteiger partial charge on any atom is -0.338 e. The van der Waals surface area contributed by atoms with Crippen LogP contribution >= 0.6 is 0 Å². The van der Waals surface area contributed by atoms with E-state index in [1.165, 1.54) is 12.1 Å². The maximum Gasteiger partial charge on any atom is 0.319 e. The van der Waals surface area contributed by atoms with Crippen molar-refractivity contribution in [3.63, 3.8) is 0 Å². The lowest BCUT2D eigenvalue weighted by Crippen LogP contribution is -2.43. The summed E-state index contributed by atoms with van der Waals surface area (Å²) in [7, 11) is 1.77. The fourth-order valence-electron chi connectivity index (χ4n) is 4.60. The topological polar surface area (TPSA) is 117 Å². The molecular formula is C25H31FN8O2. The molecule has 2 amide bonds. The summed E-state index contributed by atoms with van der Waals surface area (Å²) in [6.07, 6.45) is 2.76. The first-order valence-corrected chi connectivity index (χ1v) is 12.2. The van der Waals surface area contributed by atoms with Gasteiger partial charge in [-0.3, -0.25) is 0 Å². The fraction of sp³-hybridized carbons (Fsp3) is 0.440. The van der Waals surface area contributed by atoms with Gasteiger partial charge in [-0.05, 0) is 83.6 Å². The molecule has 4 rings (SSSR count). The van der Waals surface area contributed by atoms with Crippen LogP contribution in [0.4, 0.5) is 14.9 Å². The molecule has 1 aliphatic rings. The smallest absolute Gasteiger partial charge is 0.319 e. The van der Waals surface area contributed by atoms with E-state index in [1.807, 2.05) is 25.1 Å². The van der Waals surface area contributed by atoms with Gasteiger partial charge in [0.25, 0.3) is 0 Å². The third kappa shape index (κ3) is 6.48. The maximum atomic E-state index is 13.2. The lowest BCUT2D eigenvalue weighted by molar-refractivity contribution is 0.164. The summed E-state index contributed by atoms with van der Waals surface area (Å²) in [6.45, 7) is 4.65. The van der Waals surface area contributed by atoms with Gasteiger partial charge in [0.15, 0.2) is 5.82 Å². The first kappa shape index (κ1) is 25.4. The number of tetrazole rings is 1. The van der Waals surface area contributed by atoms with Crippen LogP contribution in [-0.4, -0.2) is 57.3 Å². The number of piperidine rings is 1. The summed E-state index contributed by atoms with van der Waals surface area (Å²) in [5.74, 6) is 0.543. The summed E-state index contributed by atoms with van der Waals surface area (Å²) in [5.41, 5.74) is 3.28. The lowest BCUT2D eigenvalue weighted by Gasteiger charge is -2.33. The SMILES string of the molecule is CCc1cc(NC(=O)NC[C@@H]2CCCN(CC(N=O)c3ccc(F)cc3)C2)cc(-c2nnnn2C)c1. The molecule has 1 saturated heterocycles. The Morgan fingerprint density at radius 1 is 1.25 bits per heavy atom. The highest BCUT2D eigenvalue weighted by atomic mass is 19.1. The number of hydrogen-bond acceptors (Lipinski definition) is 7. The van der Waals surface area contributed by atoms with E-state index >= 15 is 0 Å². The van der Waals surface area contributed by atoms with E-state index < -0.39 is 6.04 Å². The van der Waals surface area contributed by atoms with Crippen LogP contribution in [-0.2, 0) is 13.5 Å². The van der Waals surface area contributed by atoms with Crippen molar-refractivity contribution in [3.05, 3.63) is 64.3 Å². The summed E-state index contributed by atoms with van der Waals surface area (Å²) in [6, 6.07) is 10.9. The summed E-state index contributed by atoms with van der Waals surface area (Å²) in [5, 5.41) is 20.8. The third-order valence-corrected chi connectivity index (χ3v) is 6.50. The molecule has 11 heteroatoms. The van der Waals surface area contributed by atoms with Crippen LogP contribution in [0.15, 0.2) is 47.6 Å². The van der Waals surface area contributed by atoms with Crippen LogP contribution in [0.3, 0.4) is 0 Å². The van der Waals surface area contributed by atoms with Crippen molar-refractivity contribution in [2.45, 2.75) is 32.2 Å². The van der Waals surface area contributed by atoms with Gasteiger partial charge in [0.1, 0.15) is 11.9 Å². The number of amides is 2. The number of nitrogens with zero attached hydrogens (tertiary/aromatic N) is 6. The monoisotopic (exact) mass is 494 g/mol. The zero-order valence-electron chi connectivity index (χ0n) is 20.5. The van der Waals surface area contributed by atoms with Crippen LogP contribution in [0, 0.1) is 16.6 Å². The standard InChI is InChI=1S/C25H31FN8O2/c1-3-17-11-20(24-29-31-32-33(24)2)13-22(12-17)28-25(35)27-14-18-5-4-10-34(15-18)16-23(30-36)19-6-8-21(26)9-7-19/h6-9,11-13,18,23H,3-5,10,14-16H2,1-2H3,(H2,27,28,35)/t18-,23?/m0/s1. The predicted molar refractivity (Wildman–Crippen MR) is 135 cm³/mol. The molecule has 0 radical (unpaired) electrons. The Bertz CT molecular complexity index is 1180. The zero-order chi connectivity index (χ0) is 25.5. The van der Waals surface area contributed by atoms with Crippen molar-refractivity contribution in [2.24, 2.45) is 18.1 Å². The van der Waals surface area contributed by atoms with Crippen molar-refractivity contribution in [2.75, 3.05) is 31.5 Å². The second-order valence-corrected chi connectivity index (χ2v) is 9.17. The Kier molecular flexibility index (Phi) is 8.32. The highest BCUT2D eigenvalue weighted by molar-refractivity contribution is 5.90. The summed E-state index contributed by atoms with van der Waals surface area (Å²) < 4.78 is 14.8. The van der Waals surface area contributed by atoms with E-state index in [0.29, 0.717) is 30.2 Å². The number of carbonyl (C=O) groups excluding carboxylic acids is 1. The van der Waals surface area contributed by atoms with Gasteiger partial charge >= 0.3 is 6.03 Å². The van der Waals surface area contributed by atoms with E-state index in [9.17, 15) is 14.1 Å². The molecule has 190 valence electrons. The van der Waals surface area contributed by atoms with E-state index in [-0.39, 0.29) is 17.8 Å². The first-order valence-electron chi connectivity index (χ1n) is 12.2. The number of urea groups is 1. The van der Waals surface area contributed by atoms with Crippen molar-refractivity contribution < 1.29 is 9.18 Å². The number of nitroso groups, excluding NO2 is 1. The van der Waals surface area contributed by atoms with E-state index in [2.05, 4.69) is 36.2 Å². The predicted octanol–water partition coefficient (Wildman–Crippen LogP) is 3.92. The number of nitrogens with one attached hydrogen (secondary N) is 2. The number of rotatable bonds is 9. The second kappa shape index (κ2) is 11.8. The van der Waals surface area contributed by atoms with E-state index in [4.69, 9.17) is 0 Å². The molecule has 0 saturated carbocycles. The van der Waals surface area contributed by atoms with Crippen molar-refractivity contribution >= 4 is 11.7 Å². The lowest BCUT2D eigenvalue weighted by atomic mass is 9.97. The molecule has 2 atom stereocenters. The number of aryl methyl sites for hydroxylation is 2. The second-order valence-electron chi connectivity index (χ2n) is 9.17. The first-order chi connectivity index (χ1) is 17.4. The van der Waals surface area contributed by atoms with Crippen molar-refractivity contribution in [1.29, 1.82) is 0 Å². The Labute approximate surface area is 209 Å². The van der Waals surface area contributed by atoms with Gasteiger partial charge in [-0.2, -0.15) is 4.91 Å². The minimum atomic E-state index is -0.551. The molecule has 10 nitrogen and oxygen atoms in total. The average molecular weight is 495 g/mol. The van der Waals surface area contributed by atoms with Crippen LogP contribution in [0.5, 0.6) is 0 Å². The number of anilines is 1. The van der Waals surface area contributed by atoms with Crippen molar-refractivity contribution in [3.8, 4) is 11.4 Å². The molecule has 0 aliphatic carbocycles. The summed E-state index contributed by atoms with van der Waals surface area (Å²) >= 11 is 0. The highest BCUT2D eigenvalue weighted by Gasteiger charge is 2.24. The number of halogens is 1. The zero-order valence-corrected chi connectivity index (χ0v) is 20.5. The molecular weight excluding hydrogens is 463 g/mol. The number of benzene rings is 2. The Balaban J connectivity index is 1.31. The number of aromatic nitrogens is 4. The quantitative estimate of drug-likeness (QED) is 0.436. The molecule has 2 N–H and O–H groups in total. The molecule has 0 spiro atoms. The third-order valence-electron chi connectivity index (χ3n) is 6.50. The molecule has 2 heterocycles. The Morgan fingerprint density at radius 3 is 2.75 bits per heavy atom. The molecule has 1 unspecified atom stereocenters. The molecule has 36 heavy (non-hydrogen) atoms. The van der Waals surface area contributed by atoms with Gasteiger partial charge in [0.05, 0.1) is 0 Å². The van der Waals surface area contributed by atoms with Crippen LogP contribution in [0.25, 0.3) is 11.4 Å². The van der Waals surface area contributed by atoms with Crippen LogP contribution < -0.4 is 10.6 Å². The normalized spacial score (nSPS) is 16.9. The van der Waals surface area contributed by atoms with Crippen LogP contribution in [0.1, 0.15) is 36.9 Å². The Morgan fingerprint density at radius 2 is 2.06 bits per heavy atom.